The fraction of sp³-hybridized carbons (Fsp3) is 0.769. The summed E-state index contributed by atoms with van der Waals surface area (Å²) >= 11 is 0. The summed E-state index contributed by atoms with van der Waals surface area (Å²) in [5.41, 5.74) is 0.961. The van der Waals surface area contributed by atoms with Crippen molar-refractivity contribution >= 4 is 5.97 Å². The predicted octanol–water partition coefficient (Wildman–Crippen LogP) is 2.84. The van der Waals surface area contributed by atoms with E-state index in [-0.39, 0.29) is 5.92 Å². The van der Waals surface area contributed by atoms with Gasteiger partial charge >= 0.3 is 5.97 Å². The van der Waals surface area contributed by atoms with E-state index in [2.05, 4.69) is 12.2 Å². The topological polar surface area (TPSA) is 37.3 Å². The normalized spacial score (nSPS) is 48.2. The van der Waals surface area contributed by atoms with Gasteiger partial charge in [-0.05, 0) is 48.9 Å². The molecule has 0 aromatic rings. The standard InChI is InChI=1S/C13H18O2/c1-9(11(14)15)10-7-12-5-3-2-4-6-13(10,12)8-12/h2,4,9-10H,3,5-8H2,1H3,(H,14,15). The molecule has 0 aliphatic heterocycles. The van der Waals surface area contributed by atoms with Crippen LogP contribution < -0.4 is 0 Å². The van der Waals surface area contributed by atoms with Gasteiger partial charge in [-0.3, -0.25) is 4.79 Å². The number of carboxylic acids is 1. The smallest absolute Gasteiger partial charge is 0.306 e. The fourth-order valence-corrected chi connectivity index (χ4v) is 4.32. The van der Waals surface area contributed by atoms with E-state index in [1.54, 1.807) is 0 Å². The minimum absolute atomic E-state index is 0.146. The zero-order chi connectivity index (χ0) is 10.7. The Morgan fingerprint density at radius 1 is 1.53 bits per heavy atom. The monoisotopic (exact) mass is 206 g/mol. The van der Waals surface area contributed by atoms with Gasteiger partial charge in [0.05, 0.1) is 5.92 Å². The fourth-order valence-electron chi connectivity index (χ4n) is 4.32. The van der Waals surface area contributed by atoms with Gasteiger partial charge in [0.15, 0.2) is 0 Å². The van der Waals surface area contributed by atoms with Crippen molar-refractivity contribution in [1.29, 1.82) is 0 Å². The highest BCUT2D eigenvalue weighted by atomic mass is 16.4. The van der Waals surface area contributed by atoms with Crippen LogP contribution in [0.2, 0.25) is 0 Å². The first-order chi connectivity index (χ1) is 7.11. The highest BCUT2D eigenvalue weighted by Gasteiger charge is 2.78. The van der Waals surface area contributed by atoms with Crippen LogP contribution in [0.4, 0.5) is 0 Å². The SMILES string of the molecule is CC(C(=O)O)C1CC23CCC=CCC12C3. The summed E-state index contributed by atoms with van der Waals surface area (Å²) in [7, 11) is 0. The lowest BCUT2D eigenvalue weighted by Gasteiger charge is -2.45. The van der Waals surface area contributed by atoms with Gasteiger partial charge in [-0.2, -0.15) is 0 Å². The van der Waals surface area contributed by atoms with Gasteiger partial charge in [-0.1, -0.05) is 19.1 Å². The first-order valence-corrected chi connectivity index (χ1v) is 5.99. The summed E-state index contributed by atoms with van der Waals surface area (Å²) in [4.78, 5) is 11.0. The molecule has 82 valence electrons. The first kappa shape index (κ1) is 9.44. The van der Waals surface area contributed by atoms with Crippen molar-refractivity contribution in [1.82, 2.24) is 0 Å². The predicted molar refractivity (Wildman–Crippen MR) is 57.4 cm³/mol. The minimum Gasteiger partial charge on any atom is -0.481 e. The lowest BCUT2D eigenvalue weighted by atomic mass is 9.58. The molecule has 15 heavy (non-hydrogen) atoms. The van der Waals surface area contributed by atoms with Crippen LogP contribution in [-0.2, 0) is 4.79 Å². The van der Waals surface area contributed by atoms with Crippen LogP contribution in [0.5, 0.6) is 0 Å². The summed E-state index contributed by atoms with van der Waals surface area (Å²) in [6, 6.07) is 0. The number of allylic oxidation sites excluding steroid dienone is 2. The second kappa shape index (κ2) is 2.66. The summed E-state index contributed by atoms with van der Waals surface area (Å²) in [5.74, 6) is -0.312. The lowest BCUT2D eigenvalue weighted by Crippen LogP contribution is -2.42. The average Bonchev–Trinajstić information content (AvgIpc) is 2.66. The molecule has 0 heterocycles. The van der Waals surface area contributed by atoms with Crippen molar-refractivity contribution in [2.45, 2.75) is 39.0 Å². The molecule has 0 spiro atoms. The molecule has 2 heteroatoms. The summed E-state index contributed by atoms with van der Waals surface area (Å²) in [6.07, 6.45) is 10.7. The molecule has 0 bridgehead atoms. The maximum Gasteiger partial charge on any atom is 0.306 e. The molecule has 3 aliphatic carbocycles. The van der Waals surface area contributed by atoms with Crippen LogP contribution in [0, 0.1) is 22.7 Å². The molecule has 0 amide bonds. The van der Waals surface area contributed by atoms with E-state index in [0.717, 1.165) is 6.42 Å². The van der Waals surface area contributed by atoms with Gasteiger partial charge in [0.2, 0.25) is 0 Å². The molecule has 4 atom stereocenters. The molecule has 2 saturated carbocycles. The molecule has 1 N–H and O–H groups in total. The van der Waals surface area contributed by atoms with E-state index in [4.69, 9.17) is 5.11 Å². The molecule has 4 unspecified atom stereocenters. The third-order valence-electron chi connectivity index (χ3n) is 5.34. The van der Waals surface area contributed by atoms with Gasteiger partial charge in [0.25, 0.3) is 0 Å². The molecule has 0 aromatic heterocycles. The van der Waals surface area contributed by atoms with Crippen LogP contribution in [0.25, 0.3) is 0 Å². The first-order valence-electron chi connectivity index (χ1n) is 5.99. The third kappa shape index (κ3) is 0.977. The second-order valence-corrected chi connectivity index (χ2v) is 5.76. The van der Waals surface area contributed by atoms with Crippen LogP contribution in [0.3, 0.4) is 0 Å². The van der Waals surface area contributed by atoms with Crippen molar-refractivity contribution in [2.75, 3.05) is 0 Å². The van der Waals surface area contributed by atoms with Crippen LogP contribution >= 0.6 is 0 Å². The zero-order valence-corrected chi connectivity index (χ0v) is 9.20. The van der Waals surface area contributed by atoms with Crippen molar-refractivity contribution in [2.24, 2.45) is 22.7 Å². The quantitative estimate of drug-likeness (QED) is 0.705. The maximum absolute atomic E-state index is 11.0. The van der Waals surface area contributed by atoms with Gasteiger partial charge in [-0.25, -0.2) is 0 Å². The molecule has 3 rings (SSSR count). The van der Waals surface area contributed by atoms with E-state index in [9.17, 15) is 4.79 Å². The number of carboxylic acid groups (broad SMARTS) is 1. The van der Waals surface area contributed by atoms with Crippen LogP contribution in [0.15, 0.2) is 12.2 Å². The van der Waals surface area contributed by atoms with Crippen LogP contribution in [0.1, 0.15) is 39.0 Å². The molecule has 0 aromatic carbocycles. The molecular formula is C13H18O2. The van der Waals surface area contributed by atoms with E-state index >= 15 is 0 Å². The number of carbonyl (C=O) groups is 1. The maximum atomic E-state index is 11.0. The van der Waals surface area contributed by atoms with Gasteiger partial charge in [0.1, 0.15) is 0 Å². The highest BCUT2D eigenvalue weighted by molar-refractivity contribution is 5.70. The molecule has 2 nitrogen and oxygen atoms in total. The Balaban J connectivity index is 1.82. The van der Waals surface area contributed by atoms with Crippen molar-refractivity contribution in [3.05, 3.63) is 12.2 Å². The van der Waals surface area contributed by atoms with Gasteiger partial charge in [0, 0.05) is 0 Å². The average molecular weight is 206 g/mol. The van der Waals surface area contributed by atoms with Crippen molar-refractivity contribution in [3.8, 4) is 0 Å². The van der Waals surface area contributed by atoms with E-state index in [1.165, 1.54) is 25.7 Å². The van der Waals surface area contributed by atoms with Crippen molar-refractivity contribution < 1.29 is 9.90 Å². The summed E-state index contributed by atoms with van der Waals surface area (Å²) in [6.45, 7) is 1.89. The van der Waals surface area contributed by atoms with E-state index in [0.29, 0.717) is 16.7 Å². The Hall–Kier alpha value is -0.790. The number of rotatable bonds is 2. The molecule has 0 saturated heterocycles. The number of hydrogen-bond donors (Lipinski definition) is 1. The lowest BCUT2D eigenvalue weighted by molar-refractivity contribution is -0.147. The number of hydrogen-bond acceptors (Lipinski definition) is 1. The summed E-state index contributed by atoms with van der Waals surface area (Å²) in [5, 5.41) is 9.09. The van der Waals surface area contributed by atoms with E-state index in [1.807, 2.05) is 6.92 Å². The molecule has 0 radical (unpaired) electrons. The highest BCUT2D eigenvalue weighted by Crippen LogP contribution is 2.85. The molecule has 3 aliphatic rings. The Bertz CT molecular complexity index is 346. The Labute approximate surface area is 90.4 Å². The molecule has 2 fully saturated rings. The van der Waals surface area contributed by atoms with E-state index < -0.39 is 5.97 Å². The Kier molecular flexibility index (Phi) is 1.67. The molecular weight excluding hydrogens is 188 g/mol. The Morgan fingerprint density at radius 2 is 2.33 bits per heavy atom. The number of aliphatic carboxylic acids is 1. The Morgan fingerprint density at radius 3 is 3.07 bits per heavy atom. The largest absolute Gasteiger partial charge is 0.481 e. The third-order valence-corrected chi connectivity index (χ3v) is 5.34. The van der Waals surface area contributed by atoms with Crippen molar-refractivity contribution in [3.63, 3.8) is 0 Å². The second-order valence-electron chi connectivity index (χ2n) is 5.76. The zero-order valence-electron chi connectivity index (χ0n) is 9.20. The van der Waals surface area contributed by atoms with Gasteiger partial charge < -0.3 is 5.11 Å². The van der Waals surface area contributed by atoms with Crippen LogP contribution in [-0.4, -0.2) is 11.1 Å². The minimum atomic E-state index is -0.608. The summed E-state index contributed by atoms with van der Waals surface area (Å²) < 4.78 is 0. The van der Waals surface area contributed by atoms with Gasteiger partial charge in [-0.15, -0.1) is 0 Å².